The third kappa shape index (κ3) is 3.98. The lowest BCUT2D eigenvalue weighted by molar-refractivity contribution is -0.132. The first-order valence-electron chi connectivity index (χ1n) is 10.4. The maximum Gasteiger partial charge on any atom is 0.299 e. The fourth-order valence-electron chi connectivity index (χ4n) is 4.18. The molecule has 0 saturated carbocycles. The van der Waals surface area contributed by atoms with Gasteiger partial charge in [-0.15, -0.1) is 0 Å². The second kappa shape index (κ2) is 8.87. The quantitative estimate of drug-likeness (QED) is 0.430. The van der Waals surface area contributed by atoms with E-state index in [4.69, 9.17) is 34.8 Å². The van der Waals surface area contributed by atoms with Crippen LogP contribution in [0.3, 0.4) is 0 Å². The number of anilines is 1. The van der Waals surface area contributed by atoms with Gasteiger partial charge in [-0.1, -0.05) is 65.1 Å². The summed E-state index contributed by atoms with van der Waals surface area (Å²) in [7, 11) is 0. The summed E-state index contributed by atoms with van der Waals surface area (Å²) in [6, 6.07) is 18.6. The van der Waals surface area contributed by atoms with Gasteiger partial charge in [0.25, 0.3) is 17.6 Å². The van der Waals surface area contributed by atoms with Crippen LogP contribution in [0.15, 0.2) is 71.8 Å². The van der Waals surface area contributed by atoms with Crippen molar-refractivity contribution in [3.8, 4) is 0 Å². The predicted octanol–water partition coefficient (Wildman–Crippen LogP) is 5.55. The highest BCUT2D eigenvalue weighted by atomic mass is 35.5. The third-order valence-corrected chi connectivity index (χ3v) is 6.65. The second-order valence-electron chi connectivity index (χ2n) is 7.92. The van der Waals surface area contributed by atoms with Crippen molar-refractivity contribution >= 4 is 63.8 Å². The Morgan fingerprint density at radius 2 is 1.62 bits per heavy atom. The molecule has 2 aliphatic rings. The molecule has 3 aromatic rings. The van der Waals surface area contributed by atoms with Gasteiger partial charge in [0, 0.05) is 27.1 Å². The van der Waals surface area contributed by atoms with Crippen LogP contribution in [-0.2, 0) is 9.59 Å². The molecule has 0 N–H and O–H groups in total. The Bertz CT molecular complexity index is 1370. The van der Waals surface area contributed by atoms with E-state index in [1.54, 1.807) is 30.3 Å². The Kier molecular flexibility index (Phi) is 5.90. The number of hydrazone groups is 1. The van der Waals surface area contributed by atoms with Gasteiger partial charge in [0.05, 0.1) is 23.0 Å². The lowest BCUT2D eigenvalue weighted by Gasteiger charge is -2.24. The van der Waals surface area contributed by atoms with Gasteiger partial charge in [0.15, 0.2) is 0 Å². The summed E-state index contributed by atoms with van der Waals surface area (Å²) in [6.07, 6.45) is 0.427. The van der Waals surface area contributed by atoms with Crippen molar-refractivity contribution < 1.29 is 14.4 Å². The highest BCUT2D eigenvalue weighted by Gasteiger charge is 2.40. The average molecular weight is 513 g/mol. The smallest absolute Gasteiger partial charge is 0.295 e. The molecule has 1 unspecified atom stereocenters. The maximum atomic E-state index is 13.5. The molecule has 6 nitrogen and oxygen atoms in total. The van der Waals surface area contributed by atoms with Gasteiger partial charge in [0.2, 0.25) is 0 Å². The molecule has 0 aromatic heterocycles. The van der Waals surface area contributed by atoms with Crippen LogP contribution in [0.1, 0.15) is 33.9 Å². The van der Waals surface area contributed by atoms with Crippen molar-refractivity contribution in [1.82, 2.24) is 5.01 Å². The summed E-state index contributed by atoms with van der Waals surface area (Å²) >= 11 is 18.4. The molecule has 0 radical (unpaired) electrons. The van der Waals surface area contributed by atoms with Gasteiger partial charge >= 0.3 is 0 Å². The van der Waals surface area contributed by atoms with E-state index in [0.717, 1.165) is 16.0 Å². The Labute approximate surface area is 210 Å². The SMILES string of the molecule is O=C1C(=O)N(CC(=O)N2N=C(c3ccccc3Cl)CC2c2ccc(Cl)cc2)c2ccc(Cl)cc21. The summed E-state index contributed by atoms with van der Waals surface area (Å²) in [4.78, 5) is 39.7. The van der Waals surface area contributed by atoms with Crippen LogP contribution in [0.25, 0.3) is 0 Å². The summed E-state index contributed by atoms with van der Waals surface area (Å²) < 4.78 is 0. The minimum absolute atomic E-state index is 0.182. The highest BCUT2D eigenvalue weighted by Crippen LogP contribution is 2.36. The molecule has 9 heteroatoms. The number of carbonyl (C=O) groups is 3. The number of benzene rings is 3. The minimum atomic E-state index is -0.775. The molecule has 0 aliphatic carbocycles. The van der Waals surface area contributed by atoms with Crippen LogP contribution in [0.2, 0.25) is 15.1 Å². The highest BCUT2D eigenvalue weighted by molar-refractivity contribution is 6.53. The number of carbonyl (C=O) groups excluding carboxylic acids is 3. The molecule has 2 heterocycles. The molecule has 170 valence electrons. The number of fused-ring (bicyclic) bond motifs is 1. The van der Waals surface area contributed by atoms with E-state index < -0.39 is 23.6 Å². The van der Waals surface area contributed by atoms with E-state index in [9.17, 15) is 14.4 Å². The number of rotatable bonds is 4. The molecule has 5 rings (SSSR count). The van der Waals surface area contributed by atoms with Crippen LogP contribution in [0.5, 0.6) is 0 Å². The van der Waals surface area contributed by atoms with Gasteiger partial charge in [-0.3, -0.25) is 19.3 Å². The van der Waals surface area contributed by atoms with Gasteiger partial charge < -0.3 is 0 Å². The Hall–Kier alpha value is -3.19. The summed E-state index contributed by atoms with van der Waals surface area (Å²) in [5, 5.41) is 7.38. The number of Topliss-reactive ketones (excluding diaryl/α,β-unsaturated/α-hetero) is 1. The van der Waals surface area contributed by atoms with Gasteiger partial charge in [-0.2, -0.15) is 5.10 Å². The number of halogens is 3. The minimum Gasteiger partial charge on any atom is -0.295 e. The molecule has 3 aromatic carbocycles. The van der Waals surface area contributed by atoms with E-state index >= 15 is 0 Å². The van der Waals surface area contributed by atoms with Crippen molar-refractivity contribution in [3.05, 3.63) is 98.5 Å². The fourth-order valence-corrected chi connectivity index (χ4v) is 4.72. The normalized spacial score (nSPS) is 17.3. The monoisotopic (exact) mass is 511 g/mol. The Morgan fingerprint density at radius 1 is 0.912 bits per heavy atom. The number of hydrogen-bond acceptors (Lipinski definition) is 4. The van der Waals surface area contributed by atoms with Crippen LogP contribution in [0.4, 0.5) is 5.69 Å². The maximum absolute atomic E-state index is 13.5. The molecule has 0 fully saturated rings. The average Bonchev–Trinajstić information content (AvgIpc) is 3.36. The van der Waals surface area contributed by atoms with E-state index in [2.05, 4.69) is 5.10 Å². The van der Waals surface area contributed by atoms with Crippen LogP contribution in [-0.4, -0.2) is 34.9 Å². The largest absolute Gasteiger partial charge is 0.299 e. The molecule has 2 amide bonds. The molecule has 0 spiro atoms. The molecule has 0 bridgehead atoms. The van der Waals surface area contributed by atoms with Crippen molar-refractivity contribution in [2.24, 2.45) is 5.10 Å². The van der Waals surface area contributed by atoms with Crippen LogP contribution < -0.4 is 4.90 Å². The van der Waals surface area contributed by atoms with Gasteiger partial charge in [0.1, 0.15) is 6.54 Å². The summed E-state index contributed by atoms with van der Waals surface area (Å²) in [6.45, 7) is -0.345. The standard InChI is InChI=1S/C25H16Cl3N3O3/c26-15-7-5-14(6-8-15)22-12-20(17-3-1-2-4-19(17)28)29-31(22)23(32)13-30-21-10-9-16(27)11-18(21)24(33)25(30)34/h1-11,22H,12-13H2. The van der Waals surface area contributed by atoms with E-state index in [1.165, 1.54) is 11.1 Å². The van der Waals surface area contributed by atoms with Crippen molar-refractivity contribution in [2.45, 2.75) is 12.5 Å². The van der Waals surface area contributed by atoms with E-state index in [-0.39, 0.29) is 12.1 Å². The van der Waals surface area contributed by atoms with Gasteiger partial charge in [-0.05, 0) is 42.0 Å². The number of hydrogen-bond donors (Lipinski definition) is 0. The van der Waals surface area contributed by atoms with Crippen LogP contribution >= 0.6 is 34.8 Å². The molecule has 0 saturated heterocycles. The third-order valence-electron chi connectivity index (χ3n) is 5.83. The first kappa shape index (κ1) is 22.6. The molecule has 34 heavy (non-hydrogen) atoms. The van der Waals surface area contributed by atoms with Crippen molar-refractivity contribution in [2.75, 3.05) is 11.4 Å². The topological polar surface area (TPSA) is 70.1 Å². The fraction of sp³-hybridized carbons (Fsp3) is 0.120. The Balaban J connectivity index is 1.49. The zero-order chi connectivity index (χ0) is 24.0. The summed E-state index contributed by atoms with van der Waals surface area (Å²) in [5.74, 6) is -1.91. The first-order chi connectivity index (χ1) is 16.3. The van der Waals surface area contributed by atoms with E-state index in [0.29, 0.717) is 32.9 Å². The lowest BCUT2D eigenvalue weighted by atomic mass is 9.98. The second-order valence-corrected chi connectivity index (χ2v) is 9.20. The Morgan fingerprint density at radius 3 is 2.35 bits per heavy atom. The molecular weight excluding hydrogens is 497 g/mol. The molecule has 2 aliphatic heterocycles. The predicted molar refractivity (Wildman–Crippen MR) is 132 cm³/mol. The van der Waals surface area contributed by atoms with Crippen LogP contribution in [0, 0.1) is 0 Å². The number of amides is 2. The first-order valence-corrected chi connectivity index (χ1v) is 11.5. The number of ketones is 1. The zero-order valence-corrected chi connectivity index (χ0v) is 19.8. The number of nitrogens with zero attached hydrogens (tertiary/aromatic N) is 3. The molecular formula is C25H16Cl3N3O3. The lowest BCUT2D eigenvalue weighted by Crippen LogP contribution is -2.40. The van der Waals surface area contributed by atoms with Crippen molar-refractivity contribution in [1.29, 1.82) is 0 Å². The summed E-state index contributed by atoms with van der Waals surface area (Å²) in [5.41, 5.74) is 2.74. The van der Waals surface area contributed by atoms with Gasteiger partial charge in [-0.25, -0.2) is 5.01 Å². The zero-order valence-electron chi connectivity index (χ0n) is 17.5. The van der Waals surface area contributed by atoms with Crippen molar-refractivity contribution in [3.63, 3.8) is 0 Å². The molecule has 1 atom stereocenters. The van der Waals surface area contributed by atoms with E-state index in [1.807, 2.05) is 30.3 Å².